The van der Waals surface area contributed by atoms with Gasteiger partial charge in [-0.05, 0) is 0 Å². The summed E-state index contributed by atoms with van der Waals surface area (Å²) in [5, 5.41) is 0. The maximum atomic E-state index is 4.85. The summed E-state index contributed by atoms with van der Waals surface area (Å²) < 4.78 is 0. The number of hydrogen-bond acceptors (Lipinski definition) is 6. The van der Waals surface area contributed by atoms with Crippen LogP contribution in [0.25, 0.3) is 0 Å². The molecule has 0 saturated carbocycles. The summed E-state index contributed by atoms with van der Waals surface area (Å²) in [6.07, 6.45) is 0. The zero-order valence-corrected chi connectivity index (χ0v) is 9.73. The molecule has 0 saturated heterocycles. The normalized spacial score (nSPS) is 6.92. The molecule has 0 aromatic carbocycles. The van der Waals surface area contributed by atoms with Crippen molar-refractivity contribution < 1.29 is 21.1 Å². The van der Waals surface area contributed by atoms with Gasteiger partial charge in [0.2, 0.25) is 0 Å². The predicted octanol–water partition coefficient (Wildman–Crippen LogP) is -2.81. The van der Waals surface area contributed by atoms with Crippen LogP contribution in [0, 0.1) is 19.6 Å². The van der Waals surface area contributed by atoms with Gasteiger partial charge >= 0.3 is 21.1 Å². The summed E-state index contributed by atoms with van der Waals surface area (Å²) in [5.74, 6) is 0. The van der Waals surface area contributed by atoms with Crippen LogP contribution in [0.1, 0.15) is 0 Å². The molecule has 81 valence electrons. The van der Waals surface area contributed by atoms with E-state index in [0.717, 1.165) is 0 Å². The molecule has 0 aromatic rings. The Hall–Kier alpha value is 0.448. The number of rotatable bonds is 3. The van der Waals surface area contributed by atoms with E-state index >= 15 is 0 Å². The monoisotopic (exact) mass is 275 g/mol. The molecular weight excluding hydrogens is 252 g/mol. The predicted molar refractivity (Wildman–Crippen MR) is 52.6 cm³/mol. The third-order valence-corrected chi connectivity index (χ3v) is 0.408. The zero-order valence-electron chi connectivity index (χ0n) is 7.73. The summed E-state index contributed by atoms with van der Waals surface area (Å²) in [4.78, 5) is 0. The van der Waals surface area contributed by atoms with Crippen molar-refractivity contribution in [2.75, 3.05) is 19.6 Å². The Bertz CT molecular complexity index is 32.6. The van der Waals surface area contributed by atoms with E-state index < -0.39 is 0 Å². The molecule has 0 aliphatic carbocycles. The van der Waals surface area contributed by atoms with E-state index in [4.69, 9.17) is 34.4 Å². The molecule has 12 N–H and O–H groups in total. The van der Waals surface area contributed by atoms with E-state index in [1.807, 2.05) is 0 Å². The average molecular weight is 273 g/mol. The third-order valence-electron chi connectivity index (χ3n) is 0.408. The van der Waals surface area contributed by atoms with Gasteiger partial charge < -0.3 is 34.4 Å². The van der Waals surface area contributed by atoms with Gasteiger partial charge in [-0.3, -0.25) is 19.6 Å². The van der Waals surface area contributed by atoms with E-state index in [1.54, 1.807) is 0 Å². The van der Waals surface area contributed by atoms with Crippen molar-refractivity contribution in [1.29, 1.82) is 0 Å². The maximum absolute atomic E-state index is 4.85. The van der Waals surface area contributed by atoms with Crippen LogP contribution in [-0.2, 0) is 21.1 Å². The minimum Gasteiger partial charge on any atom is -0.482 e. The van der Waals surface area contributed by atoms with Crippen LogP contribution in [0.4, 0.5) is 0 Å². The second-order valence-electron chi connectivity index (χ2n) is 1.41. The second kappa shape index (κ2) is 39.2. The van der Waals surface area contributed by atoms with Crippen molar-refractivity contribution in [1.82, 2.24) is 0 Å². The molecule has 0 spiro atoms. The Morgan fingerprint density at radius 3 is 0.692 bits per heavy atom. The van der Waals surface area contributed by atoms with Crippen molar-refractivity contribution in [2.45, 2.75) is 0 Å². The molecule has 0 aliphatic heterocycles. The maximum Gasteiger partial charge on any atom is 3.00 e. The summed E-state index contributed by atoms with van der Waals surface area (Å²) in [6.45, 7) is 5.62. The smallest absolute Gasteiger partial charge is 0.482 e. The van der Waals surface area contributed by atoms with Gasteiger partial charge in [-0.15, -0.1) is 19.6 Å². The Balaban J connectivity index is -0.0000000450. The third kappa shape index (κ3) is 114. The summed E-state index contributed by atoms with van der Waals surface area (Å²) >= 11 is 0. The molecule has 0 fully saturated rings. The molecule has 0 bridgehead atoms. The molecule has 0 amide bonds. The zero-order chi connectivity index (χ0) is 10.2. The molecule has 0 unspecified atom stereocenters. The Labute approximate surface area is 95.0 Å². The first-order valence-corrected chi connectivity index (χ1v) is 3.45. The average Bonchev–Trinajstić information content (AvgIpc) is 2.18. The molecule has 0 rings (SSSR count). The van der Waals surface area contributed by atoms with Crippen molar-refractivity contribution in [3.63, 3.8) is 0 Å². The van der Waals surface area contributed by atoms with Gasteiger partial charge in [-0.25, -0.2) is 0 Å². The number of nitrogens with two attached hydrogens (primary N) is 6. The molecule has 0 aliphatic rings. The van der Waals surface area contributed by atoms with Crippen LogP contribution in [0.15, 0.2) is 0 Å². The minimum absolute atomic E-state index is 0. The van der Waals surface area contributed by atoms with Gasteiger partial charge in [0.25, 0.3) is 0 Å². The largest absolute Gasteiger partial charge is 3.00 e. The summed E-state index contributed by atoms with van der Waals surface area (Å²) in [5.41, 5.74) is 28.9. The first kappa shape index (κ1) is 23.3. The van der Waals surface area contributed by atoms with E-state index in [0.29, 0.717) is 19.6 Å². The second-order valence-corrected chi connectivity index (χ2v) is 1.41. The topological polar surface area (TPSA) is 156 Å². The Morgan fingerprint density at radius 2 is 0.692 bits per heavy atom. The molecule has 0 atom stereocenters. The SMILES string of the molecule is N[CH-]CN.N[CH-]CN.N[CH-]CN.[Mo+3]. The molecule has 13 heavy (non-hydrogen) atoms. The first-order valence-electron chi connectivity index (χ1n) is 3.45. The van der Waals surface area contributed by atoms with Crippen LogP contribution in [0.2, 0.25) is 0 Å². The molecule has 0 aromatic heterocycles. The quantitative estimate of drug-likeness (QED) is 0.241. The van der Waals surface area contributed by atoms with Crippen molar-refractivity contribution in [3.05, 3.63) is 19.6 Å². The van der Waals surface area contributed by atoms with Crippen molar-refractivity contribution in [3.8, 4) is 0 Å². The van der Waals surface area contributed by atoms with Gasteiger partial charge in [-0.1, -0.05) is 0 Å². The fraction of sp³-hybridized carbons (Fsp3) is 0.500. The fourth-order valence-electron chi connectivity index (χ4n) is 0. The van der Waals surface area contributed by atoms with E-state index in [1.165, 1.54) is 19.6 Å². The summed E-state index contributed by atoms with van der Waals surface area (Å²) in [7, 11) is 0. The molecule has 0 heterocycles. The standard InChI is InChI=1S/3C2H7N2.Mo/c3*3-1-2-4;/h3*1H,2-4H2;/q3*-1;+3. The van der Waals surface area contributed by atoms with Gasteiger partial charge in [0.1, 0.15) is 0 Å². The van der Waals surface area contributed by atoms with Crippen molar-refractivity contribution in [2.24, 2.45) is 34.4 Å². The Morgan fingerprint density at radius 1 is 0.615 bits per heavy atom. The molecule has 7 heteroatoms. The fourth-order valence-corrected chi connectivity index (χ4v) is 0. The molecule has 1 radical (unpaired) electrons. The van der Waals surface area contributed by atoms with Crippen LogP contribution >= 0.6 is 0 Å². The van der Waals surface area contributed by atoms with Gasteiger partial charge in [0.15, 0.2) is 0 Å². The van der Waals surface area contributed by atoms with Crippen LogP contribution in [0.3, 0.4) is 0 Å². The molecular formula is C6H21MoN6. The van der Waals surface area contributed by atoms with E-state index in [2.05, 4.69) is 0 Å². The van der Waals surface area contributed by atoms with Crippen LogP contribution < -0.4 is 34.4 Å². The van der Waals surface area contributed by atoms with Crippen molar-refractivity contribution >= 4 is 0 Å². The van der Waals surface area contributed by atoms with E-state index in [-0.39, 0.29) is 21.1 Å². The van der Waals surface area contributed by atoms with Gasteiger partial charge in [-0.2, -0.15) is 0 Å². The number of hydrogen-bond donors (Lipinski definition) is 6. The first-order chi connectivity index (χ1) is 5.74. The Kier molecular flexibility index (Phi) is 70.5. The molecule has 6 nitrogen and oxygen atoms in total. The van der Waals surface area contributed by atoms with Gasteiger partial charge in [0, 0.05) is 0 Å². The van der Waals surface area contributed by atoms with Gasteiger partial charge in [0.05, 0.1) is 0 Å². The minimum atomic E-state index is 0. The van der Waals surface area contributed by atoms with Crippen LogP contribution in [-0.4, -0.2) is 19.6 Å². The summed E-state index contributed by atoms with van der Waals surface area (Å²) in [6, 6.07) is 0. The van der Waals surface area contributed by atoms with Crippen LogP contribution in [0.5, 0.6) is 0 Å². The van der Waals surface area contributed by atoms with E-state index in [9.17, 15) is 0 Å².